The Hall–Kier alpha value is -1.59. The number of rotatable bonds is 4. The Morgan fingerprint density at radius 1 is 1.30 bits per heavy atom. The Kier molecular flexibility index (Phi) is 5.38. The number of benzene rings is 1. The first kappa shape index (κ1) is 14.8. The number of ether oxygens (including phenoxy) is 2. The van der Waals surface area contributed by atoms with Gasteiger partial charge in [0.25, 0.3) is 0 Å². The molecule has 1 heterocycles. The summed E-state index contributed by atoms with van der Waals surface area (Å²) in [6.45, 7) is 5.42. The third-order valence-electron chi connectivity index (χ3n) is 3.37. The van der Waals surface area contributed by atoms with E-state index in [0.717, 1.165) is 19.6 Å². The maximum atomic E-state index is 11.5. The summed E-state index contributed by atoms with van der Waals surface area (Å²) in [5.74, 6) is 0. The van der Waals surface area contributed by atoms with Crippen LogP contribution in [0.25, 0.3) is 0 Å². The normalized spacial score (nSPS) is 20.6. The van der Waals surface area contributed by atoms with Gasteiger partial charge in [-0.1, -0.05) is 30.3 Å². The summed E-state index contributed by atoms with van der Waals surface area (Å²) in [4.78, 5) is 15.9. The van der Waals surface area contributed by atoms with Crippen molar-refractivity contribution in [1.82, 2.24) is 9.80 Å². The molecule has 1 aromatic carbocycles. The molecular formula is C15H22N2O3. The van der Waals surface area contributed by atoms with Gasteiger partial charge in [-0.05, 0) is 19.5 Å². The van der Waals surface area contributed by atoms with Gasteiger partial charge in [0.15, 0.2) is 6.23 Å². The topological polar surface area (TPSA) is 42.0 Å². The van der Waals surface area contributed by atoms with Crippen LogP contribution in [0.4, 0.5) is 4.79 Å². The van der Waals surface area contributed by atoms with E-state index in [1.54, 1.807) is 6.92 Å². The van der Waals surface area contributed by atoms with Gasteiger partial charge in [-0.15, -0.1) is 0 Å². The van der Waals surface area contributed by atoms with E-state index < -0.39 is 6.16 Å². The van der Waals surface area contributed by atoms with Crippen LogP contribution in [0, 0.1) is 0 Å². The first-order valence-electron chi connectivity index (χ1n) is 6.99. The minimum Gasteiger partial charge on any atom is -0.435 e. The van der Waals surface area contributed by atoms with E-state index in [1.807, 2.05) is 25.2 Å². The lowest BCUT2D eigenvalue weighted by molar-refractivity contribution is -0.0838. The molecule has 1 fully saturated rings. The van der Waals surface area contributed by atoms with Crippen LogP contribution >= 0.6 is 0 Å². The zero-order valence-corrected chi connectivity index (χ0v) is 12.1. The average Bonchev–Trinajstić information content (AvgIpc) is 2.43. The van der Waals surface area contributed by atoms with E-state index in [-0.39, 0.29) is 6.23 Å². The number of carbonyl (C=O) groups excluding carboxylic acids is 1. The zero-order chi connectivity index (χ0) is 14.4. The quantitative estimate of drug-likeness (QED) is 0.787. The molecule has 20 heavy (non-hydrogen) atoms. The lowest BCUT2D eigenvalue weighted by Crippen LogP contribution is -2.53. The molecular weight excluding hydrogens is 256 g/mol. The Balaban J connectivity index is 1.98. The van der Waals surface area contributed by atoms with E-state index in [4.69, 9.17) is 9.47 Å². The number of hydrogen-bond donors (Lipinski definition) is 0. The molecule has 5 heteroatoms. The number of piperazine rings is 1. The summed E-state index contributed by atoms with van der Waals surface area (Å²) in [6, 6.07) is 10.2. The molecule has 0 aromatic heterocycles. The third-order valence-corrected chi connectivity index (χ3v) is 3.37. The molecule has 1 aliphatic heterocycles. The van der Waals surface area contributed by atoms with Crippen molar-refractivity contribution >= 4 is 6.16 Å². The SMILES string of the molecule is CCOC(=O)OC1CN(C)CCN1Cc1ccccc1. The average molecular weight is 278 g/mol. The van der Waals surface area contributed by atoms with E-state index in [9.17, 15) is 4.79 Å². The molecule has 0 radical (unpaired) electrons. The van der Waals surface area contributed by atoms with Gasteiger partial charge in [0.2, 0.25) is 0 Å². The molecule has 0 saturated carbocycles. The van der Waals surface area contributed by atoms with Gasteiger partial charge in [-0.2, -0.15) is 0 Å². The second-order valence-corrected chi connectivity index (χ2v) is 4.97. The first-order chi connectivity index (χ1) is 9.69. The molecule has 0 spiro atoms. The van der Waals surface area contributed by atoms with E-state index >= 15 is 0 Å². The van der Waals surface area contributed by atoms with Crippen LogP contribution in [0.3, 0.4) is 0 Å². The summed E-state index contributed by atoms with van der Waals surface area (Å²) in [5.41, 5.74) is 1.22. The highest BCUT2D eigenvalue weighted by atomic mass is 16.7. The number of carbonyl (C=O) groups is 1. The van der Waals surface area contributed by atoms with E-state index in [1.165, 1.54) is 5.56 Å². The second kappa shape index (κ2) is 7.26. The van der Waals surface area contributed by atoms with Gasteiger partial charge in [0.05, 0.1) is 6.61 Å². The van der Waals surface area contributed by atoms with Crippen molar-refractivity contribution in [1.29, 1.82) is 0 Å². The maximum absolute atomic E-state index is 11.5. The monoisotopic (exact) mass is 278 g/mol. The van der Waals surface area contributed by atoms with Gasteiger partial charge in [-0.25, -0.2) is 4.79 Å². The molecule has 1 saturated heterocycles. The number of nitrogens with zero attached hydrogens (tertiary/aromatic N) is 2. The van der Waals surface area contributed by atoms with Crippen molar-refractivity contribution in [2.24, 2.45) is 0 Å². The fourth-order valence-electron chi connectivity index (χ4n) is 2.29. The minimum atomic E-state index is -0.592. The van der Waals surface area contributed by atoms with Crippen molar-refractivity contribution in [3.05, 3.63) is 35.9 Å². The fraction of sp³-hybridized carbons (Fsp3) is 0.533. The van der Waals surface area contributed by atoms with Crippen molar-refractivity contribution < 1.29 is 14.3 Å². The highest BCUT2D eigenvalue weighted by Gasteiger charge is 2.28. The lowest BCUT2D eigenvalue weighted by Gasteiger charge is -2.38. The smallest absolute Gasteiger partial charge is 0.435 e. The zero-order valence-electron chi connectivity index (χ0n) is 12.1. The molecule has 1 atom stereocenters. The summed E-state index contributed by atoms with van der Waals surface area (Å²) >= 11 is 0. The highest BCUT2D eigenvalue weighted by Crippen LogP contribution is 2.15. The molecule has 0 amide bonds. The molecule has 0 aliphatic carbocycles. The number of likely N-dealkylation sites (N-methyl/N-ethyl adjacent to an activating group) is 1. The molecule has 2 rings (SSSR count). The van der Waals surface area contributed by atoms with Gasteiger partial charge >= 0.3 is 6.16 Å². The summed E-state index contributed by atoms with van der Waals surface area (Å²) < 4.78 is 10.3. The Morgan fingerprint density at radius 3 is 2.75 bits per heavy atom. The van der Waals surface area contributed by atoms with Crippen molar-refractivity contribution in [2.45, 2.75) is 19.7 Å². The highest BCUT2D eigenvalue weighted by molar-refractivity contribution is 5.60. The van der Waals surface area contributed by atoms with E-state index in [2.05, 4.69) is 21.9 Å². The molecule has 1 unspecified atom stereocenters. The Bertz CT molecular complexity index is 424. The molecule has 1 aliphatic rings. The van der Waals surface area contributed by atoms with Crippen LogP contribution in [-0.4, -0.2) is 55.5 Å². The molecule has 0 N–H and O–H groups in total. The van der Waals surface area contributed by atoms with Gasteiger partial charge in [0, 0.05) is 26.2 Å². The predicted octanol–water partition coefficient (Wildman–Crippen LogP) is 1.93. The van der Waals surface area contributed by atoms with Crippen molar-refractivity contribution in [2.75, 3.05) is 33.3 Å². The van der Waals surface area contributed by atoms with Crippen LogP contribution in [0.2, 0.25) is 0 Å². The third kappa shape index (κ3) is 4.21. The molecule has 1 aromatic rings. The van der Waals surface area contributed by atoms with Crippen LogP contribution in [0.1, 0.15) is 12.5 Å². The molecule has 0 bridgehead atoms. The Morgan fingerprint density at radius 2 is 2.05 bits per heavy atom. The van der Waals surface area contributed by atoms with Crippen LogP contribution in [0.15, 0.2) is 30.3 Å². The summed E-state index contributed by atoms with van der Waals surface area (Å²) in [5, 5.41) is 0. The van der Waals surface area contributed by atoms with Crippen LogP contribution in [0.5, 0.6) is 0 Å². The fourth-order valence-corrected chi connectivity index (χ4v) is 2.29. The maximum Gasteiger partial charge on any atom is 0.509 e. The molecule has 110 valence electrons. The van der Waals surface area contributed by atoms with Crippen LogP contribution in [-0.2, 0) is 16.0 Å². The largest absolute Gasteiger partial charge is 0.509 e. The summed E-state index contributed by atoms with van der Waals surface area (Å²) in [7, 11) is 2.03. The molecule has 5 nitrogen and oxygen atoms in total. The first-order valence-corrected chi connectivity index (χ1v) is 6.99. The minimum absolute atomic E-state index is 0.256. The summed E-state index contributed by atoms with van der Waals surface area (Å²) in [6.07, 6.45) is -0.848. The number of hydrogen-bond acceptors (Lipinski definition) is 5. The van der Waals surface area contributed by atoms with E-state index in [0.29, 0.717) is 13.2 Å². The van der Waals surface area contributed by atoms with Crippen molar-refractivity contribution in [3.8, 4) is 0 Å². The van der Waals surface area contributed by atoms with Gasteiger partial charge < -0.3 is 14.4 Å². The predicted molar refractivity (Wildman–Crippen MR) is 76.2 cm³/mol. The Labute approximate surface area is 120 Å². The van der Waals surface area contributed by atoms with Gasteiger partial charge in [-0.3, -0.25) is 4.90 Å². The second-order valence-electron chi connectivity index (χ2n) is 4.97. The van der Waals surface area contributed by atoms with Crippen molar-refractivity contribution in [3.63, 3.8) is 0 Å². The standard InChI is InChI=1S/C15H22N2O3/c1-3-19-15(18)20-14-12-16(2)9-10-17(14)11-13-7-5-4-6-8-13/h4-8,14H,3,9-12H2,1-2H3. The van der Waals surface area contributed by atoms with Crippen LogP contribution < -0.4 is 0 Å². The lowest BCUT2D eigenvalue weighted by atomic mass is 10.2. The van der Waals surface area contributed by atoms with Gasteiger partial charge in [0.1, 0.15) is 0 Å².